The molecular weight excluding hydrogens is 140 g/mol. The molecule has 0 aromatic rings. The third-order valence-electron chi connectivity index (χ3n) is 3.09. The van der Waals surface area contributed by atoms with E-state index in [2.05, 4.69) is 5.32 Å². The van der Waals surface area contributed by atoms with Gasteiger partial charge in [0.2, 0.25) is 6.41 Å². The number of nitrogens with one attached hydrogen (secondary N) is 1. The van der Waals surface area contributed by atoms with Gasteiger partial charge >= 0.3 is 0 Å². The van der Waals surface area contributed by atoms with E-state index in [1.165, 1.54) is 6.42 Å². The van der Waals surface area contributed by atoms with E-state index in [0.29, 0.717) is 0 Å². The molecule has 3 nitrogen and oxygen atoms in total. The average Bonchev–Trinajstić information content (AvgIpc) is 2.05. The Kier molecular flexibility index (Phi) is 1.60. The van der Waals surface area contributed by atoms with Crippen LogP contribution < -0.4 is 5.32 Å². The van der Waals surface area contributed by atoms with Gasteiger partial charge in [0.25, 0.3) is 0 Å². The number of carbonyl (C=O) groups excluding carboxylic acids is 1. The minimum absolute atomic E-state index is 0.271. The number of hydrogen-bond acceptors (Lipinski definition) is 2. The number of nitrogens with zero attached hydrogens (tertiary/aromatic N) is 1. The molecule has 0 saturated carbocycles. The van der Waals surface area contributed by atoms with Crippen molar-refractivity contribution in [3.63, 3.8) is 0 Å². The van der Waals surface area contributed by atoms with E-state index in [4.69, 9.17) is 0 Å². The summed E-state index contributed by atoms with van der Waals surface area (Å²) in [7, 11) is 0. The fourth-order valence-electron chi connectivity index (χ4n) is 2.15. The summed E-state index contributed by atoms with van der Waals surface area (Å²) in [4.78, 5) is 12.5. The Morgan fingerprint density at radius 3 is 2.45 bits per heavy atom. The summed E-state index contributed by atoms with van der Waals surface area (Å²) in [6.07, 6.45) is 4.51. The maximum atomic E-state index is 10.6. The fraction of sp³-hybridized carbons (Fsp3) is 0.875. The van der Waals surface area contributed by atoms with Crippen LogP contribution in [-0.2, 0) is 4.79 Å². The molecule has 1 amide bonds. The predicted octanol–water partition coefficient (Wildman–Crippen LogP) is -0.0293. The molecule has 62 valence electrons. The lowest BCUT2D eigenvalue weighted by Gasteiger charge is -2.53. The Morgan fingerprint density at radius 1 is 1.27 bits per heavy atom. The van der Waals surface area contributed by atoms with Crippen molar-refractivity contribution >= 4 is 6.41 Å². The molecule has 1 spiro atoms. The van der Waals surface area contributed by atoms with Crippen LogP contribution in [0.5, 0.6) is 0 Å². The molecule has 2 aliphatic rings. The summed E-state index contributed by atoms with van der Waals surface area (Å²) in [5, 5.41) is 3.31. The van der Waals surface area contributed by atoms with Gasteiger partial charge in [0.05, 0.1) is 0 Å². The van der Waals surface area contributed by atoms with E-state index in [9.17, 15) is 4.79 Å². The summed E-state index contributed by atoms with van der Waals surface area (Å²) in [5.74, 6) is 0. The second-order valence-electron chi connectivity index (χ2n) is 3.52. The number of rotatable bonds is 1. The molecule has 2 fully saturated rings. The summed E-state index contributed by atoms with van der Waals surface area (Å²) in [5.41, 5.74) is 0.271. The van der Waals surface area contributed by atoms with Crippen LogP contribution in [0.4, 0.5) is 0 Å². The first-order chi connectivity index (χ1) is 5.37. The highest BCUT2D eigenvalue weighted by Gasteiger charge is 2.44. The van der Waals surface area contributed by atoms with Crippen molar-refractivity contribution in [1.82, 2.24) is 10.2 Å². The highest BCUT2D eigenvalue weighted by Crippen LogP contribution is 2.36. The van der Waals surface area contributed by atoms with Gasteiger partial charge in [-0.1, -0.05) is 0 Å². The van der Waals surface area contributed by atoms with Gasteiger partial charge in [-0.25, -0.2) is 0 Å². The van der Waals surface area contributed by atoms with Crippen LogP contribution in [0.3, 0.4) is 0 Å². The smallest absolute Gasteiger partial charge is 0.210 e. The van der Waals surface area contributed by atoms with Gasteiger partial charge in [0.15, 0.2) is 0 Å². The summed E-state index contributed by atoms with van der Waals surface area (Å²) >= 11 is 0. The molecule has 3 heteroatoms. The highest BCUT2D eigenvalue weighted by molar-refractivity contribution is 5.51. The summed E-state index contributed by atoms with van der Waals surface area (Å²) in [6.45, 7) is 3.12. The lowest BCUT2D eigenvalue weighted by atomic mass is 9.77. The first kappa shape index (κ1) is 7.10. The summed E-state index contributed by atoms with van der Waals surface area (Å²) in [6, 6.07) is 0. The fourth-order valence-corrected chi connectivity index (χ4v) is 2.15. The Morgan fingerprint density at radius 2 is 2.00 bits per heavy atom. The second-order valence-corrected chi connectivity index (χ2v) is 3.52. The lowest BCUT2D eigenvalue weighted by molar-refractivity contribution is -0.135. The number of amides is 1. The molecule has 0 aromatic heterocycles. The standard InChI is InChI=1S/C8H14N2O/c11-7-10-6-3-8(10)1-4-9-5-2-8/h7,9H,1-6H2. The second kappa shape index (κ2) is 2.48. The van der Waals surface area contributed by atoms with Crippen LogP contribution in [0, 0.1) is 0 Å². The zero-order chi connectivity index (χ0) is 7.73. The van der Waals surface area contributed by atoms with Crippen molar-refractivity contribution in [3.05, 3.63) is 0 Å². The van der Waals surface area contributed by atoms with Gasteiger partial charge in [-0.2, -0.15) is 0 Å². The molecule has 2 saturated heterocycles. The highest BCUT2D eigenvalue weighted by atomic mass is 16.1. The van der Waals surface area contributed by atoms with E-state index < -0.39 is 0 Å². The normalized spacial score (nSPS) is 28.2. The maximum absolute atomic E-state index is 10.6. The predicted molar refractivity (Wildman–Crippen MR) is 42.2 cm³/mol. The number of carbonyl (C=O) groups is 1. The van der Waals surface area contributed by atoms with Crippen LogP contribution >= 0.6 is 0 Å². The molecule has 0 radical (unpaired) electrons. The van der Waals surface area contributed by atoms with Crippen molar-refractivity contribution < 1.29 is 4.79 Å². The largest absolute Gasteiger partial charge is 0.339 e. The van der Waals surface area contributed by atoms with Gasteiger partial charge in [-0.3, -0.25) is 4.79 Å². The Balaban J connectivity index is 2.02. The van der Waals surface area contributed by atoms with Crippen LogP contribution in [0.25, 0.3) is 0 Å². The van der Waals surface area contributed by atoms with Gasteiger partial charge in [-0.15, -0.1) is 0 Å². The van der Waals surface area contributed by atoms with Gasteiger partial charge in [0.1, 0.15) is 0 Å². The molecule has 0 aliphatic carbocycles. The zero-order valence-electron chi connectivity index (χ0n) is 6.68. The van der Waals surface area contributed by atoms with E-state index in [0.717, 1.165) is 38.9 Å². The Hall–Kier alpha value is -0.570. The topological polar surface area (TPSA) is 32.3 Å². The minimum atomic E-state index is 0.271. The Labute approximate surface area is 66.8 Å². The van der Waals surface area contributed by atoms with Crippen molar-refractivity contribution in [1.29, 1.82) is 0 Å². The minimum Gasteiger partial charge on any atom is -0.339 e. The number of piperidine rings is 1. The van der Waals surface area contributed by atoms with Crippen LogP contribution in [-0.4, -0.2) is 36.5 Å². The van der Waals surface area contributed by atoms with Gasteiger partial charge < -0.3 is 10.2 Å². The molecule has 1 N–H and O–H groups in total. The summed E-state index contributed by atoms with van der Waals surface area (Å²) < 4.78 is 0. The number of hydrogen-bond donors (Lipinski definition) is 1. The average molecular weight is 154 g/mol. The molecule has 0 atom stereocenters. The van der Waals surface area contributed by atoms with Crippen molar-refractivity contribution in [3.8, 4) is 0 Å². The molecule has 11 heavy (non-hydrogen) atoms. The third kappa shape index (κ3) is 0.948. The van der Waals surface area contributed by atoms with E-state index >= 15 is 0 Å². The van der Waals surface area contributed by atoms with E-state index in [1.807, 2.05) is 4.90 Å². The van der Waals surface area contributed by atoms with E-state index in [-0.39, 0.29) is 5.54 Å². The van der Waals surface area contributed by atoms with E-state index in [1.54, 1.807) is 0 Å². The van der Waals surface area contributed by atoms with Crippen LogP contribution in [0.2, 0.25) is 0 Å². The molecule has 0 aromatic carbocycles. The molecule has 0 unspecified atom stereocenters. The first-order valence-electron chi connectivity index (χ1n) is 4.30. The van der Waals surface area contributed by atoms with Crippen molar-refractivity contribution in [2.75, 3.05) is 19.6 Å². The molecular formula is C8H14N2O. The number of likely N-dealkylation sites (tertiary alicyclic amines) is 1. The third-order valence-corrected chi connectivity index (χ3v) is 3.09. The molecule has 2 aliphatic heterocycles. The molecule has 2 rings (SSSR count). The van der Waals surface area contributed by atoms with Gasteiger partial charge in [0, 0.05) is 12.1 Å². The SMILES string of the molecule is O=CN1CCC12CCNCC2. The van der Waals surface area contributed by atoms with Crippen molar-refractivity contribution in [2.24, 2.45) is 0 Å². The molecule has 0 bridgehead atoms. The van der Waals surface area contributed by atoms with Gasteiger partial charge in [-0.05, 0) is 32.4 Å². The maximum Gasteiger partial charge on any atom is 0.210 e. The molecule has 2 heterocycles. The van der Waals surface area contributed by atoms with Crippen LogP contribution in [0.15, 0.2) is 0 Å². The first-order valence-corrected chi connectivity index (χ1v) is 4.30. The zero-order valence-corrected chi connectivity index (χ0v) is 6.68. The lowest BCUT2D eigenvalue weighted by Crippen LogP contribution is -2.62. The van der Waals surface area contributed by atoms with Crippen molar-refractivity contribution in [2.45, 2.75) is 24.8 Å². The quantitative estimate of drug-likeness (QED) is 0.538. The monoisotopic (exact) mass is 154 g/mol. The van der Waals surface area contributed by atoms with Crippen LogP contribution in [0.1, 0.15) is 19.3 Å². The Bertz CT molecular complexity index is 163.